The average molecular weight is 263 g/mol. The summed E-state index contributed by atoms with van der Waals surface area (Å²) in [6.45, 7) is 2.78. The van der Waals surface area contributed by atoms with Crippen LogP contribution < -0.4 is 9.84 Å². The lowest BCUT2D eigenvalue weighted by atomic mass is 10.1. The second kappa shape index (κ2) is 9.42. The SMILES string of the molecule is CCCCCCCCCOc1ccccc1C(=O)[O-]. The van der Waals surface area contributed by atoms with E-state index in [1.165, 1.54) is 38.2 Å². The normalized spacial score (nSPS) is 10.4. The van der Waals surface area contributed by atoms with Crippen LogP contribution in [0.1, 0.15) is 62.2 Å². The maximum absolute atomic E-state index is 10.9. The van der Waals surface area contributed by atoms with Gasteiger partial charge in [-0.25, -0.2) is 0 Å². The van der Waals surface area contributed by atoms with Crippen molar-refractivity contribution in [3.8, 4) is 5.75 Å². The standard InChI is InChI=1S/C16H24O3/c1-2-3-4-5-6-7-10-13-19-15-12-9-8-11-14(15)16(17)18/h8-9,11-12H,2-7,10,13H2,1H3,(H,17,18)/p-1. The molecule has 0 radical (unpaired) electrons. The van der Waals surface area contributed by atoms with Crippen molar-refractivity contribution in [2.45, 2.75) is 51.9 Å². The molecule has 1 aromatic carbocycles. The number of hydrogen-bond donors (Lipinski definition) is 0. The molecule has 0 aliphatic heterocycles. The van der Waals surface area contributed by atoms with Crippen LogP contribution in [0.3, 0.4) is 0 Å². The Bertz CT molecular complexity index is 374. The largest absolute Gasteiger partial charge is 0.545 e. The topological polar surface area (TPSA) is 49.4 Å². The first-order valence-corrected chi connectivity index (χ1v) is 7.19. The molecule has 19 heavy (non-hydrogen) atoms. The van der Waals surface area contributed by atoms with Gasteiger partial charge in [0.15, 0.2) is 0 Å². The average Bonchev–Trinajstić information content (AvgIpc) is 2.42. The van der Waals surface area contributed by atoms with Crippen molar-refractivity contribution < 1.29 is 14.6 Å². The molecule has 3 heteroatoms. The Balaban J connectivity index is 2.17. The van der Waals surface area contributed by atoms with Crippen LogP contribution in [-0.2, 0) is 0 Å². The Morgan fingerprint density at radius 2 is 1.68 bits per heavy atom. The van der Waals surface area contributed by atoms with Gasteiger partial charge in [0.25, 0.3) is 0 Å². The first-order chi connectivity index (χ1) is 9.25. The molecule has 0 bridgehead atoms. The minimum Gasteiger partial charge on any atom is -0.545 e. The molecule has 3 nitrogen and oxygen atoms in total. The molecule has 1 aromatic rings. The Labute approximate surface area is 115 Å². The number of para-hydroxylation sites is 1. The summed E-state index contributed by atoms with van der Waals surface area (Å²) in [6, 6.07) is 6.63. The Morgan fingerprint density at radius 1 is 1.05 bits per heavy atom. The minimum absolute atomic E-state index is 0.130. The van der Waals surface area contributed by atoms with E-state index in [4.69, 9.17) is 4.74 Å². The van der Waals surface area contributed by atoms with Gasteiger partial charge in [0.05, 0.1) is 12.6 Å². The highest BCUT2D eigenvalue weighted by atomic mass is 16.5. The monoisotopic (exact) mass is 263 g/mol. The fraction of sp³-hybridized carbons (Fsp3) is 0.562. The lowest BCUT2D eigenvalue weighted by Gasteiger charge is -2.11. The summed E-state index contributed by atoms with van der Waals surface area (Å²) in [5.41, 5.74) is 0.130. The third-order valence-corrected chi connectivity index (χ3v) is 3.11. The summed E-state index contributed by atoms with van der Waals surface area (Å²) in [5.74, 6) is -0.774. The molecule has 106 valence electrons. The van der Waals surface area contributed by atoms with Gasteiger partial charge in [-0.3, -0.25) is 0 Å². The smallest absolute Gasteiger partial charge is 0.128 e. The zero-order valence-corrected chi connectivity index (χ0v) is 11.7. The van der Waals surface area contributed by atoms with Crippen LogP contribution in [0.5, 0.6) is 5.75 Å². The number of unbranched alkanes of at least 4 members (excludes halogenated alkanes) is 6. The molecule has 0 aliphatic carbocycles. The molecule has 1 rings (SSSR count). The Hall–Kier alpha value is -1.51. The molecule has 0 aromatic heterocycles. The first kappa shape index (κ1) is 15.5. The Kier molecular flexibility index (Phi) is 7.71. The number of benzene rings is 1. The molecule has 0 heterocycles. The molecule has 0 atom stereocenters. The Morgan fingerprint density at radius 3 is 2.37 bits per heavy atom. The van der Waals surface area contributed by atoms with Crippen LogP contribution in [0.4, 0.5) is 0 Å². The molecule has 0 spiro atoms. The van der Waals surface area contributed by atoms with Gasteiger partial charge in [-0.1, -0.05) is 57.6 Å². The van der Waals surface area contributed by atoms with Gasteiger partial charge in [0.1, 0.15) is 5.75 Å². The third kappa shape index (κ3) is 6.27. The van der Waals surface area contributed by atoms with Gasteiger partial charge < -0.3 is 14.6 Å². The lowest BCUT2D eigenvalue weighted by Crippen LogP contribution is -2.23. The predicted octanol–water partition coefficient (Wildman–Crippen LogP) is 3.18. The molecular formula is C16H23O3-. The van der Waals surface area contributed by atoms with E-state index < -0.39 is 5.97 Å². The van der Waals surface area contributed by atoms with Crippen LogP contribution >= 0.6 is 0 Å². The van der Waals surface area contributed by atoms with E-state index in [-0.39, 0.29) is 5.56 Å². The van der Waals surface area contributed by atoms with Gasteiger partial charge >= 0.3 is 0 Å². The van der Waals surface area contributed by atoms with E-state index in [0.717, 1.165) is 12.8 Å². The molecule has 0 N–H and O–H groups in total. The third-order valence-electron chi connectivity index (χ3n) is 3.11. The molecule has 0 amide bonds. The van der Waals surface area contributed by atoms with Crippen molar-refractivity contribution >= 4 is 5.97 Å². The number of carbonyl (C=O) groups is 1. The summed E-state index contributed by atoms with van der Waals surface area (Å²) in [7, 11) is 0. The van der Waals surface area contributed by atoms with Crippen molar-refractivity contribution in [3.05, 3.63) is 29.8 Å². The van der Waals surface area contributed by atoms with Gasteiger partial charge in [0.2, 0.25) is 0 Å². The molecule has 0 aliphatic rings. The van der Waals surface area contributed by atoms with E-state index in [2.05, 4.69) is 6.92 Å². The summed E-state index contributed by atoms with van der Waals surface area (Å²) in [6.07, 6.45) is 8.50. The molecule has 0 saturated heterocycles. The maximum atomic E-state index is 10.9. The fourth-order valence-corrected chi connectivity index (χ4v) is 2.00. The zero-order valence-electron chi connectivity index (χ0n) is 11.7. The van der Waals surface area contributed by atoms with Crippen molar-refractivity contribution in [3.63, 3.8) is 0 Å². The van der Waals surface area contributed by atoms with E-state index in [1.807, 2.05) is 0 Å². The number of carboxylic acid groups (broad SMARTS) is 1. The quantitative estimate of drug-likeness (QED) is 0.609. The highest BCUT2D eigenvalue weighted by Crippen LogP contribution is 2.17. The van der Waals surface area contributed by atoms with Crippen molar-refractivity contribution in [1.29, 1.82) is 0 Å². The van der Waals surface area contributed by atoms with Gasteiger partial charge in [-0.2, -0.15) is 0 Å². The molecule has 0 unspecified atom stereocenters. The molecular weight excluding hydrogens is 240 g/mol. The van der Waals surface area contributed by atoms with Crippen LogP contribution in [-0.4, -0.2) is 12.6 Å². The zero-order chi connectivity index (χ0) is 13.9. The summed E-state index contributed by atoms with van der Waals surface area (Å²) in [4.78, 5) is 10.9. The summed E-state index contributed by atoms with van der Waals surface area (Å²) < 4.78 is 5.51. The highest BCUT2D eigenvalue weighted by molar-refractivity contribution is 5.89. The first-order valence-electron chi connectivity index (χ1n) is 7.19. The number of hydrogen-bond acceptors (Lipinski definition) is 3. The minimum atomic E-state index is -1.19. The second-order valence-corrected chi connectivity index (χ2v) is 4.75. The predicted molar refractivity (Wildman–Crippen MR) is 74.3 cm³/mol. The highest BCUT2D eigenvalue weighted by Gasteiger charge is 2.02. The van der Waals surface area contributed by atoms with E-state index in [9.17, 15) is 9.90 Å². The van der Waals surface area contributed by atoms with E-state index >= 15 is 0 Å². The number of aromatic carboxylic acids is 1. The summed E-state index contributed by atoms with van der Waals surface area (Å²) >= 11 is 0. The van der Waals surface area contributed by atoms with Crippen LogP contribution in [0.15, 0.2) is 24.3 Å². The van der Waals surface area contributed by atoms with Gasteiger partial charge in [-0.05, 0) is 18.6 Å². The fourth-order valence-electron chi connectivity index (χ4n) is 2.00. The van der Waals surface area contributed by atoms with E-state index in [0.29, 0.717) is 12.4 Å². The summed E-state index contributed by atoms with van der Waals surface area (Å²) in [5, 5.41) is 10.9. The van der Waals surface area contributed by atoms with Gasteiger partial charge in [-0.15, -0.1) is 0 Å². The van der Waals surface area contributed by atoms with Crippen LogP contribution in [0.2, 0.25) is 0 Å². The van der Waals surface area contributed by atoms with Crippen LogP contribution in [0.25, 0.3) is 0 Å². The number of carbonyl (C=O) groups excluding carboxylic acids is 1. The van der Waals surface area contributed by atoms with Crippen molar-refractivity contribution in [2.75, 3.05) is 6.61 Å². The number of rotatable bonds is 10. The maximum Gasteiger partial charge on any atom is 0.128 e. The van der Waals surface area contributed by atoms with Crippen molar-refractivity contribution in [2.24, 2.45) is 0 Å². The number of ether oxygens (including phenoxy) is 1. The molecule has 0 saturated carbocycles. The lowest BCUT2D eigenvalue weighted by molar-refractivity contribution is -0.255. The second-order valence-electron chi connectivity index (χ2n) is 4.75. The van der Waals surface area contributed by atoms with E-state index in [1.54, 1.807) is 18.2 Å². The molecule has 0 fully saturated rings. The number of carboxylic acids is 1. The van der Waals surface area contributed by atoms with Gasteiger partial charge in [0, 0.05) is 5.56 Å². The van der Waals surface area contributed by atoms with Crippen molar-refractivity contribution in [1.82, 2.24) is 0 Å². The van der Waals surface area contributed by atoms with Crippen LogP contribution in [0, 0.1) is 0 Å².